The number of amides is 1. The van der Waals surface area contributed by atoms with Gasteiger partial charge in [0, 0.05) is 38.3 Å². The summed E-state index contributed by atoms with van der Waals surface area (Å²) in [5.41, 5.74) is 1.97. The Morgan fingerprint density at radius 2 is 1.74 bits per heavy atom. The first-order valence-corrected chi connectivity index (χ1v) is 10.6. The molecule has 2 heterocycles. The van der Waals surface area contributed by atoms with Crippen LogP contribution in [0.4, 0.5) is 0 Å². The molecular weight excluding hydrogens is 364 g/mol. The maximum absolute atomic E-state index is 12.7. The van der Waals surface area contributed by atoms with E-state index in [1.807, 2.05) is 31.5 Å². The molecule has 1 amide bonds. The molecule has 0 radical (unpaired) electrons. The number of hydrogen-bond donors (Lipinski definition) is 0. The highest BCUT2D eigenvalue weighted by molar-refractivity contribution is 7.89. The molecule has 7 nitrogen and oxygen atoms in total. The van der Waals surface area contributed by atoms with Gasteiger partial charge in [0.05, 0.1) is 16.6 Å². The van der Waals surface area contributed by atoms with E-state index >= 15 is 0 Å². The highest BCUT2D eigenvalue weighted by Gasteiger charge is 2.30. The Morgan fingerprint density at radius 1 is 1.11 bits per heavy atom. The van der Waals surface area contributed by atoms with Crippen LogP contribution in [0.5, 0.6) is 0 Å². The number of piperazine rings is 1. The van der Waals surface area contributed by atoms with Crippen molar-refractivity contribution in [3.8, 4) is 0 Å². The molecule has 1 aromatic heterocycles. The van der Waals surface area contributed by atoms with E-state index in [0.29, 0.717) is 37.5 Å². The molecule has 1 saturated heterocycles. The Bertz CT molecular complexity index is 900. The molecule has 1 atom stereocenters. The van der Waals surface area contributed by atoms with Crippen molar-refractivity contribution < 1.29 is 13.2 Å². The number of sulfonamides is 1. The number of rotatable bonds is 5. The van der Waals surface area contributed by atoms with E-state index in [2.05, 4.69) is 5.10 Å². The SMILES string of the molecule is Cc1cc(C)n([C@H](C)CC(=O)N2CCN(S(=O)(=O)c3ccccc3)CC2)n1. The zero-order valence-corrected chi connectivity index (χ0v) is 16.8. The van der Waals surface area contributed by atoms with Crippen LogP contribution >= 0.6 is 0 Å². The van der Waals surface area contributed by atoms with Crippen LogP contribution in [0.3, 0.4) is 0 Å². The quantitative estimate of drug-likeness (QED) is 0.782. The van der Waals surface area contributed by atoms with E-state index < -0.39 is 10.0 Å². The van der Waals surface area contributed by atoms with Gasteiger partial charge in [0.25, 0.3) is 0 Å². The van der Waals surface area contributed by atoms with Crippen molar-refractivity contribution >= 4 is 15.9 Å². The van der Waals surface area contributed by atoms with Crippen LogP contribution in [-0.4, -0.2) is 59.5 Å². The average Bonchev–Trinajstić information content (AvgIpc) is 3.01. The second-order valence-corrected chi connectivity index (χ2v) is 8.96. The van der Waals surface area contributed by atoms with E-state index in [0.717, 1.165) is 11.4 Å². The topological polar surface area (TPSA) is 75.5 Å². The van der Waals surface area contributed by atoms with E-state index in [4.69, 9.17) is 0 Å². The summed E-state index contributed by atoms with van der Waals surface area (Å²) in [6.45, 7) is 7.35. The number of carbonyl (C=O) groups excluding carboxylic acids is 1. The van der Waals surface area contributed by atoms with E-state index in [-0.39, 0.29) is 11.9 Å². The molecule has 1 aliphatic rings. The average molecular weight is 391 g/mol. The summed E-state index contributed by atoms with van der Waals surface area (Å²) >= 11 is 0. The van der Waals surface area contributed by atoms with Gasteiger partial charge in [-0.1, -0.05) is 18.2 Å². The van der Waals surface area contributed by atoms with Crippen LogP contribution in [0.15, 0.2) is 41.3 Å². The van der Waals surface area contributed by atoms with Crippen LogP contribution < -0.4 is 0 Å². The molecule has 0 saturated carbocycles. The smallest absolute Gasteiger partial charge is 0.243 e. The molecule has 1 aliphatic heterocycles. The van der Waals surface area contributed by atoms with Crippen molar-refractivity contribution in [2.24, 2.45) is 0 Å². The van der Waals surface area contributed by atoms with Gasteiger partial charge in [-0.15, -0.1) is 0 Å². The first kappa shape index (κ1) is 19.6. The Morgan fingerprint density at radius 3 is 2.30 bits per heavy atom. The van der Waals surface area contributed by atoms with Crippen molar-refractivity contribution in [2.45, 2.75) is 38.1 Å². The second kappa shape index (κ2) is 7.82. The second-order valence-electron chi connectivity index (χ2n) is 7.02. The molecule has 0 aliphatic carbocycles. The number of benzene rings is 1. The lowest BCUT2D eigenvalue weighted by molar-refractivity contribution is -0.133. The first-order chi connectivity index (χ1) is 12.8. The monoisotopic (exact) mass is 390 g/mol. The van der Waals surface area contributed by atoms with Crippen LogP contribution in [0.2, 0.25) is 0 Å². The minimum absolute atomic E-state index is 0.0303. The Balaban J connectivity index is 1.59. The van der Waals surface area contributed by atoms with Crippen LogP contribution in [0, 0.1) is 13.8 Å². The third kappa shape index (κ3) is 4.22. The van der Waals surface area contributed by atoms with Gasteiger partial charge in [-0.25, -0.2) is 8.42 Å². The van der Waals surface area contributed by atoms with Gasteiger partial charge >= 0.3 is 0 Å². The molecule has 0 bridgehead atoms. The van der Waals surface area contributed by atoms with Gasteiger partial charge < -0.3 is 4.90 Å². The van der Waals surface area contributed by atoms with Crippen molar-refractivity contribution in [3.63, 3.8) is 0 Å². The van der Waals surface area contributed by atoms with Crippen molar-refractivity contribution in [1.82, 2.24) is 19.0 Å². The highest BCUT2D eigenvalue weighted by Crippen LogP contribution is 2.19. The van der Waals surface area contributed by atoms with Gasteiger partial charge in [0.2, 0.25) is 15.9 Å². The lowest BCUT2D eigenvalue weighted by Gasteiger charge is -2.34. The third-order valence-electron chi connectivity index (χ3n) is 4.90. The van der Waals surface area contributed by atoms with Gasteiger partial charge in [-0.3, -0.25) is 9.48 Å². The van der Waals surface area contributed by atoms with Crippen molar-refractivity contribution in [2.75, 3.05) is 26.2 Å². The zero-order valence-electron chi connectivity index (χ0n) is 16.0. The molecule has 1 fully saturated rings. The number of aromatic nitrogens is 2. The van der Waals surface area contributed by atoms with Crippen LogP contribution in [-0.2, 0) is 14.8 Å². The molecule has 146 valence electrons. The highest BCUT2D eigenvalue weighted by atomic mass is 32.2. The summed E-state index contributed by atoms with van der Waals surface area (Å²) in [7, 11) is -3.50. The fourth-order valence-corrected chi connectivity index (χ4v) is 4.92. The minimum atomic E-state index is -3.50. The van der Waals surface area contributed by atoms with Crippen molar-refractivity contribution in [1.29, 1.82) is 0 Å². The molecule has 1 aromatic carbocycles. The number of aryl methyl sites for hydroxylation is 2. The predicted octanol–water partition coefficient (Wildman–Crippen LogP) is 1.98. The minimum Gasteiger partial charge on any atom is -0.340 e. The van der Waals surface area contributed by atoms with Crippen molar-refractivity contribution in [3.05, 3.63) is 47.8 Å². The Kier molecular flexibility index (Phi) is 5.67. The summed E-state index contributed by atoms with van der Waals surface area (Å²) in [6, 6.07) is 10.4. The summed E-state index contributed by atoms with van der Waals surface area (Å²) in [4.78, 5) is 14.7. The molecule has 3 rings (SSSR count). The number of hydrogen-bond acceptors (Lipinski definition) is 4. The van der Waals surface area contributed by atoms with Gasteiger partial charge in [0.15, 0.2) is 0 Å². The lowest BCUT2D eigenvalue weighted by atomic mass is 10.2. The third-order valence-corrected chi connectivity index (χ3v) is 6.82. The largest absolute Gasteiger partial charge is 0.340 e. The first-order valence-electron chi connectivity index (χ1n) is 9.15. The maximum Gasteiger partial charge on any atom is 0.243 e. The number of carbonyl (C=O) groups is 1. The molecular formula is C19H26N4O3S. The zero-order chi connectivity index (χ0) is 19.6. The van der Waals surface area contributed by atoms with Gasteiger partial charge in [-0.2, -0.15) is 9.40 Å². The number of nitrogens with zero attached hydrogens (tertiary/aromatic N) is 4. The van der Waals surface area contributed by atoms with Gasteiger partial charge in [0.1, 0.15) is 0 Å². The molecule has 0 unspecified atom stereocenters. The fourth-order valence-electron chi connectivity index (χ4n) is 3.48. The fraction of sp³-hybridized carbons (Fsp3) is 0.474. The molecule has 27 heavy (non-hydrogen) atoms. The summed E-state index contributed by atoms with van der Waals surface area (Å²) < 4.78 is 28.7. The summed E-state index contributed by atoms with van der Waals surface area (Å²) in [5, 5.41) is 4.44. The Hall–Kier alpha value is -2.19. The predicted molar refractivity (Wildman–Crippen MR) is 103 cm³/mol. The molecule has 0 spiro atoms. The van der Waals surface area contributed by atoms with Gasteiger partial charge in [-0.05, 0) is 39.0 Å². The molecule has 8 heteroatoms. The lowest BCUT2D eigenvalue weighted by Crippen LogP contribution is -2.50. The summed E-state index contributed by atoms with van der Waals surface area (Å²) in [5.74, 6) is 0.0341. The van der Waals surface area contributed by atoms with E-state index in [1.165, 1.54) is 4.31 Å². The maximum atomic E-state index is 12.7. The Labute approximate surface area is 160 Å². The van der Waals surface area contributed by atoms with E-state index in [1.54, 1.807) is 35.2 Å². The normalized spacial score (nSPS) is 17.1. The molecule has 2 aromatic rings. The molecule has 0 N–H and O–H groups in total. The van der Waals surface area contributed by atoms with Crippen LogP contribution in [0.1, 0.15) is 30.8 Å². The van der Waals surface area contributed by atoms with Crippen LogP contribution in [0.25, 0.3) is 0 Å². The summed E-state index contributed by atoms with van der Waals surface area (Å²) in [6.07, 6.45) is 0.355. The van der Waals surface area contributed by atoms with E-state index in [9.17, 15) is 13.2 Å². The standard InChI is InChI=1S/C19H26N4O3S/c1-15-13-16(2)23(20-15)17(3)14-19(24)21-9-11-22(12-10-21)27(25,26)18-7-5-4-6-8-18/h4-8,13,17H,9-12,14H2,1-3H3/t17-/m1/s1.